The number of methoxy groups -OCH3 is 1. The molecule has 0 atom stereocenters. The molecule has 0 aliphatic carbocycles. The monoisotopic (exact) mass is 401 g/mol. The molecule has 9 heteroatoms. The topological polar surface area (TPSA) is 80.8 Å². The molecular weight excluding hydrogens is 386 g/mol. The van der Waals surface area contributed by atoms with Gasteiger partial charge in [-0.25, -0.2) is 16.8 Å². The molecule has 1 heterocycles. The molecule has 0 aromatic heterocycles. The van der Waals surface area contributed by atoms with E-state index in [-0.39, 0.29) is 22.9 Å². The Kier molecular flexibility index (Phi) is 4.80. The van der Waals surface area contributed by atoms with Crippen molar-refractivity contribution in [1.82, 2.24) is 4.31 Å². The van der Waals surface area contributed by atoms with Gasteiger partial charge in [-0.05, 0) is 48.5 Å². The van der Waals surface area contributed by atoms with Gasteiger partial charge in [0.1, 0.15) is 5.75 Å². The lowest BCUT2D eigenvalue weighted by atomic mass is 10.3. The molecule has 6 nitrogen and oxygen atoms in total. The summed E-state index contributed by atoms with van der Waals surface area (Å²) in [5, 5.41) is -0.328. The Hall–Kier alpha value is -1.61. The first-order chi connectivity index (χ1) is 11.7. The van der Waals surface area contributed by atoms with Crippen molar-refractivity contribution in [3.05, 3.63) is 53.6 Å². The van der Waals surface area contributed by atoms with Gasteiger partial charge in [0.2, 0.25) is 10.0 Å². The van der Waals surface area contributed by atoms with Crippen LogP contribution in [0, 0.1) is 0 Å². The highest BCUT2D eigenvalue weighted by atomic mass is 35.5. The molecule has 25 heavy (non-hydrogen) atoms. The first-order valence-corrected chi connectivity index (χ1v) is 10.8. The molecule has 0 N–H and O–H groups in total. The second-order valence-corrected chi connectivity index (χ2v) is 10.2. The van der Waals surface area contributed by atoms with E-state index in [4.69, 9.17) is 16.3 Å². The SMILES string of the molecule is COc1ccc(S(=O)(=O)C2CN(S(=O)(=O)c3ccc(Cl)cc3)C2)cc1. The van der Waals surface area contributed by atoms with E-state index in [0.717, 1.165) is 4.31 Å². The third kappa shape index (κ3) is 3.39. The summed E-state index contributed by atoms with van der Waals surface area (Å²) in [6, 6.07) is 11.8. The van der Waals surface area contributed by atoms with Crippen molar-refractivity contribution in [2.45, 2.75) is 15.0 Å². The zero-order valence-corrected chi connectivity index (χ0v) is 15.7. The molecule has 0 bridgehead atoms. The van der Waals surface area contributed by atoms with Crippen molar-refractivity contribution in [1.29, 1.82) is 0 Å². The van der Waals surface area contributed by atoms with Gasteiger partial charge >= 0.3 is 0 Å². The molecule has 1 aliphatic rings. The van der Waals surface area contributed by atoms with Gasteiger partial charge in [-0.3, -0.25) is 0 Å². The van der Waals surface area contributed by atoms with Crippen molar-refractivity contribution < 1.29 is 21.6 Å². The largest absolute Gasteiger partial charge is 0.497 e. The molecule has 2 aromatic carbocycles. The maximum absolute atomic E-state index is 12.6. The van der Waals surface area contributed by atoms with E-state index in [0.29, 0.717) is 10.8 Å². The first kappa shape index (κ1) is 18.2. The smallest absolute Gasteiger partial charge is 0.243 e. The lowest BCUT2D eigenvalue weighted by molar-refractivity contribution is 0.309. The Morgan fingerprint density at radius 1 is 0.920 bits per heavy atom. The van der Waals surface area contributed by atoms with E-state index in [1.807, 2.05) is 0 Å². The predicted octanol–water partition coefficient (Wildman–Crippen LogP) is 2.20. The number of sulfone groups is 1. The molecular formula is C16H16ClNO5S2. The third-order valence-corrected chi connectivity index (χ3v) is 8.30. The number of nitrogens with zero attached hydrogens (tertiary/aromatic N) is 1. The quantitative estimate of drug-likeness (QED) is 0.767. The highest BCUT2D eigenvalue weighted by Crippen LogP contribution is 2.29. The van der Waals surface area contributed by atoms with Gasteiger partial charge in [0.05, 0.1) is 22.2 Å². The average molecular weight is 402 g/mol. The van der Waals surface area contributed by atoms with E-state index < -0.39 is 25.1 Å². The van der Waals surface area contributed by atoms with Crippen LogP contribution in [0.2, 0.25) is 5.02 Å². The highest BCUT2D eigenvalue weighted by molar-refractivity contribution is 7.92. The van der Waals surface area contributed by atoms with Gasteiger partial charge in [-0.15, -0.1) is 0 Å². The lowest BCUT2D eigenvalue weighted by Crippen LogP contribution is -2.56. The van der Waals surface area contributed by atoms with Gasteiger partial charge in [0.15, 0.2) is 9.84 Å². The minimum atomic E-state index is -3.71. The van der Waals surface area contributed by atoms with Crippen LogP contribution >= 0.6 is 11.6 Å². The maximum atomic E-state index is 12.6. The van der Waals surface area contributed by atoms with Crippen LogP contribution in [0.3, 0.4) is 0 Å². The second kappa shape index (κ2) is 6.60. The van der Waals surface area contributed by atoms with Gasteiger partial charge in [0, 0.05) is 18.1 Å². The van der Waals surface area contributed by atoms with Crippen LogP contribution in [-0.4, -0.2) is 46.6 Å². The number of hydrogen-bond donors (Lipinski definition) is 0. The summed E-state index contributed by atoms with van der Waals surface area (Å²) in [5.41, 5.74) is 0. The molecule has 134 valence electrons. The summed E-state index contributed by atoms with van der Waals surface area (Å²) in [4.78, 5) is 0.249. The van der Waals surface area contributed by atoms with Crippen LogP contribution in [0.5, 0.6) is 5.75 Å². The van der Waals surface area contributed by atoms with Gasteiger partial charge in [-0.1, -0.05) is 11.6 Å². The second-order valence-electron chi connectivity index (χ2n) is 5.62. The van der Waals surface area contributed by atoms with E-state index in [2.05, 4.69) is 0 Å². The summed E-state index contributed by atoms with van der Waals surface area (Å²) in [5.74, 6) is 0.555. The number of ether oxygens (including phenoxy) is 1. The van der Waals surface area contributed by atoms with Crippen molar-refractivity contribution in [2.24, 2.45) is 0 Å². The Morgan fingerprint density at radius 3 is 1.96 bits per heavy atom. The summed E-state index contributed by atoms with van der Waals surface area (Å²) >= 11 is 5.76. The van der Waals surface area contributed by atoms with Gasteiger partial charge in [0.25, 0.3) is 0 Å². The molecule has 0 radical (unpaired) electrons. The van der Waals surface area contributed by atoms with Crippen LogP contribution in [0.15, 0.2) is 58.3 Å². The number of sulfonamides is 1. The van der Waals surface area contributed by atoms with E-state index in [1.54, 1.807) is 12.1 Å². The van der Waals surface area contributed by atoms with Crippen LogP contribution in [-0.2, 0) is 19.9 Å². The fourth-order valence-corrected chi connectivity index (χ4v) is 6.00. The molecule has 0 spiro atoms. The van der Waals surface area contributed by atoms with Gasteiger partial charge < -0.3 is 4.74 Å². The molecule has 2 aromatic rings. The average Bonchev–Trinajstić information content (AvgIpc) is 2.53. The van der Waals surface area contributed by atoms with Crippen molar-refractivity contribution >= 4 is 31.5 Å². The van der Waals surface area contributed by atoms with E-state index in [1.165, 1.54) is 43.5 Å². The number of benzene rings is 2. The third-order valence-electron chi connectivity index (χ3n) is 4.09. The molecule has 0 amide bonds. The standard InChI is InChI=1S/C16H16ClNO5S2/c1-23-13-4-8-14(9-5-13)24(19,20)16-10-18(11-16)25(21,22)15-6-2-12(17)3-7-15/h2-9,16H,10-11H2,1H3. The molecule has 0 unspecified atom stereocenters. The number of halogens is 1. The molecule has 0 saturated carbocycles. The summed E-state index contributed by atoms with van der Waals surface area (Å²) in [7, 11) is -5.81. The summed E-state index contributed by atoms with van der Waals surface area (Å²) < 4.78 is 56.3. The number of rotatable bonds is 5. The number of hydrogen-bond acceptors (Lipinski definition) is 5. The van der Waals surface area contributed by atoms with Crippen molar-refractivity contribution in [3.8, 4) is 5.75 Å². The van der Waals surface area contributed by atoms with Crippen LogP contribution in [0.1, 0.15) is 0 Å². The highest BCUT2D eigenvalue weighted by Gasteiger charge is 2.44. The first-order valence-electron chi connectivity index (χ1n) is 7.39. The van der Waals surface area contributed by atoms with E-state index in [9.17, 15) is 16.8 Å². The zero-order valence-electron chi connectivity index (χ0n) is 13.3. The van der Waals surface area contributed by atoms with Crippen molar-refractivity contribution in [3.63, 3.8) is 0 Å². The Balaban J connectivity index is 1.75. The maximum Gasteiger partial charge on any atom is 0.243 e. The minimum absolute atomic E-state index is 0.0701. The molecule has 1 fully saturated rings. The molecule has 3 rings (SSSR count). The van der Waals surface area contributed by atoms with Crippen molar-refractivity contribution in [2.75, 3.05) is 20.2 Å². The van der Waals surface area contributed by atoms with Crippen LogP contribution in [0.25, 0.3) is 0 Å². The predicted molar refractivity (Wildman–Crippen MR) is 94.2 cm³/mol. The Labute approximate surface area is 152 Å². The zero-order chi connectivity index (χ0) is 18.2. The van der Waals surface area contributed by atoms with Crippen LogP contribution in [0.4, 0.5) is 0 Å². The lowest BCUT2D eigenvalue weighted by Gasteiger charge is -2.37. The van der Waals surface area contributed by atoms with E-state index >= 15 is 0 Å². The Morgan fingerprint density at radius 2 is 1.44 bits per heavy atom. The minimum Gasteiger partial charge on any atom is -0.497 e. The van der Waals surface area contributed by atoms with Crippen LogP contribution < -0.4 is 4.74 Å². The fourth-order valence-electron chi connectivity index (χ4n) is 2.51. The summed E-state index contributed by atoms with van der Waals surface area (Å²) in [6.07, 6.45) is 0. The molecule has 1 saturated heterocycles. The fraction of sp³-hybridized carbons (Fsp3) is 0.250. The Bertz CT molecular complexity index is 964. The van der Waals surface area contributed by atoms with Gasteiger partial charge in [-0.2, -0.15) is 4.31 Å². The summed E-state index contributed by atoms with van der Waals surface area (Å²) in [6.45, 7) is -0.140. The molecule has 1 aliphatic heterocycles. The normalized spacial score (nSPS) is 16.4.